The molecule has 4 rings (SSSR count). The normalized spacial score (nSPS) is 19.6. The van der Waals surface area contributed by atoms with Crippen molar-refractivity contribution in [1.82, 2.24) is 4.90 Å². The predicted octanol–water partition coefficient (Wildman–Crippen LogP) is 3.66. The highest BCUT2D eigenvalue weighted by Crippen LogP contribution is 2.44. The van der Waals surface area contributed by atoms with E-state index in [0.29, 0.717) is 0 Å². The fraction of sp³-hybridized carbons (Fsp3) is 0.350. The molecule has 0 amide bonds. The minimum atomic E-state index is -0.396. The summed E-state index contributed by atoms with van der Waals surface area (Å²) in [6, 6.07) is 16.7. The van der Waals surface area contributed by atoms with Crippen molar-refractivity contribution in [1.29, 1.82) is 0 Å². The van der Waals surface area contributed by atoms with Gasteiger partial charge in [0.1, 0.15) is 5.60 Å². The third kappa shape index (κ3) is 2.55. The van der Waals surface area contributed by atoms with Gasteiger partial charge in [0.15, 0.2) is 0 Å². The van der Waals surface area contributed by atoms with Crippen molar-refractivity contribution >= 4 is 5.97 Å². The molecule has 0 saturated carbocycles. The van der Waals surface area contributed by atoms with E-state index in [9.17, 15) is 4.79 Å². The lowest BCUT2D eigenvalue weighted by atomic mass is 9.83. The van der Waals surface area contributed by atoms with E-state index in [2.05, 4.69) is 41.3 Å². The summed E-state index contributed by atoms with van der Waals surface area (Å²) < 4.78 is 5.85. The van der Waals surface area contributed by atoms with Gasteiger partial charge in [-0.2, -0.15) is 0 Å². The molecule has 3 nitrogen and oxygen atoms in total. The van der Waals surface area contributed by atoms with Crippen molar-refractivity contribution in [2.75, 3.05) is 13.1 Å². The quantitative estimate of drug-likeness (QED) is 0.793. The second-order valence-electron chi connectivity index (χ2n) is 6.69. The number of aryl methyl sites for hydroxylation is 1. The number of hydrogen-bond acceptors (Lipinski definition) is 3. The number of hydrogen-bond donors (Lipinski definition) is 0. The Morgan fingerprint density at radius 3 is 2.57 bits per heavy atom. The summed E-state index contributed by atoms with van der Waals surface area (Å²) in [5.41, 5.74) is 3.91. The summed E-state index contributed by atoms with van der Waals surface area (Å²) in [6.45, 7) is 4.89. The maximum absolute atomic E-state index is 12.2. The number of nitrogens with zero attached hydrogens (tertiary/aromatic N) is 1. The molecule has 2 aromatic rings. The van der Waals surface area contributed by atoms with Crippen LogP contribution < -0.4 is 0 Å². The molecular weight excluding hydrogens is 286 g/mol. The van der Waals surface area contributed by atoms with Crippen LogP contribution in [0.3, 0.4) is 0 Å². The van der Waals surface area contributed by atoms with Crippen LogP contribution in [0.1, 0.15) is 39.9 Å². The molecule has 0 bridgehead atoms. The maximum Gasteiger partial charge on any atom is 0.339 e. The highest BCUT2D eigenvalue weighted by Gasteiger charge is 2.47. The van der Waals surface area contributed by atoms with Crippen LogP contribution in [0.15, 0.2) is 48.5 Å². The number of esters is 1. The van der Waals surface area contributed by atoms with E-state index in [1.54, 1.807) is 0 Å². The predicted molar refractivity (Wildman–Crippen MR) is 89.2 cm³/mol. The van der Waals surface area contributed by atoms with Gasteiger partial charge in [0, 0.05) is 38.0 Å². The second kappa shape index (κ2) is 5.50. The highest BCUT2D eigenvalue weighted by atomic mass is 16.6. The number of piperidine rings is 1. The molecule has 0 aromatic heterocycles. The third-order valence-corrected chi connectivity index (χ3v) is 5.09. The van der Waals surface area contributed by atoms with Gasteiger partial charge < -0.3 is 4.74 Å². The van der Waals surface area contributed by atoms with Gasteiger partial charge in [-0.05, 0) is 18.6 Å². The fourth-order valence-electron chi connectivity index (χ4n) is 3.80. The van der Waals surface area contributed by atoms with Crippen LogP contribution in [0.2, 0.25) is 0 Å². The van der Waals surface area contributed by atoms with Crippen molar-refractivity contribution < 1.29 is 9.53 Å². The first-order chi connectivity index (χ1) is 11.2. The minimum Gasteiger partial charge on any atom is -0.450 e. The first-order valence-corrected chi connectivity index (χ1v) is 8.27. The van der Waals surface area contributed by atoms with Gasteiger partial charge in [0.25, 0.3) is 0 Å². The average molecular weight is 307 g/mol. The summed E-state index contributed by atoms with van der Waals surface area (Å²) >= 11 is 0. The number of likely N-dealkylation sites (tertiary alicyclic amines) is 1. The van der Waals surface area contributed by atoms with Crippen LogP contribution in [0.5, 0.6) is 0 Å². The Hall–Kier alpha value is -2.13. The van der Waals surface area contributed by atoms with E-state index in [0.717, 1.165) is 49.2 Å². The van der Waals surface area contributed by atoms with Crippen LogP contribution in [0.25, 0.3) is 0 Å². The molecule has 0 atom stereocenters. The first-order valence-electron chi connectivity index (χ1n) is 8.27. The molecule has 0 radical (unpaired) electrons. The molecule has 2 aliphatic rings. The molecule has 0 unspecified atom stereocenters. The average Bonchev–Trinajstić information content (AvgIpc) is 2.83. The molecule has 0 aliphatic carbocycles. The molecule has 1 fully saturated rings. The van der Waals surface area contributed by atoms with Crippen molar-refractivity contribution in [3.8, 4) is 0 Å². The van der Waals surface area contributed by atoms with Crippen LogP contribution in [-0.2, 0) is 16.9 Å². The van der Waals surface area contributed by atoms with E-state index >= 15 is 0 Å². The number of carbonyl (C=O) groups excluding carboxylic acids is 1. The molecule has 2 aliphatic heterocycles. The number of rotatable bonds is 2. The largest absolute Gasteiger partial charge is 0.450 e. The van der Waals surface area contributed by atoms with Gasteiger partial charge in [-0.1, -0.05) is 48.0 Å². The Morgan fingerprint density at radius 2 is 1.83 bits per heavy atom. The van der Waals surface area contributed by atoms with E-state index < -0.39 is 5.60 Å². The van der Waals surface area contributed by atoms with Crippen molar-refractivity contribution in [2.45, 2.75) is 31.9 Å². The summed E-state index contributed by atoms with van der Waals surface area (Å²) in [4.78, 5) is 14.7. The zero-order valence-corrected chi connectivity index (χ0v) is 13.4. The number of fused-ring (bicyclic) bond motifs is 2. The molecule has 2 aromatic carbocycles. The molecule has 23 heavy (non-hydrogen) atoms. The van der Waals surface area contributed by atoms with E-state index in [1.807, 2.05) is 19.1 Å². The molecule has 1 spiro atoms. The fourth-order valence-corrected chi connectivity index (χ4v) is 3.80. The summed E-state index contributed by atoms with van der Waals surface area (Å²) in [5, 5.41) is 0. The van der Waals surface area contributed by atoms with E-state index in [1.165, 1.54) is 5.56 Å². The number of carbonyl (C=O) groups is 1. The third-order valence-electron chi connectivity index (χ3n) is 5.09. The molecule has 1 saturated heterocycles. The number of benzene rings is 2. The Bertz CT molecular complexity index is 731. The monoisotopic (exact) mass is 307 g/mol. The standard InChI is InChI=1S/C20H21NO2/c1-15-7-8-18-17(13-15)19(22)23-20(18)9-11-21(12-10-20)14-16-5-3-2-4-6-16/h2-8,13H,9-12,14H2,1H3. The van der Waals surface area contributed by atoms with E-state index in [4.69, 9.17) is 4.74 Å². The van der Waals surface area contributed by atoms with Crippen molar-refractivity contribution in [3.05, 3.63) is 70.8 Å². The molecule has 3 heteroatoms. The van der Waals surface area contributed by atoms with E-state index in [-0.39, 0.29) is 5.97 Å². The summed E-state index contributed by atoms with van der Waals surface area (Å²) in [6.07, 6.45) is 1.75. The molecule has 0 N–H and O–H groups in total. The van der Waals surface area contributed by atoms with Gasteiger partial charge in [-0.25, -0.2) is 4.79 Å². The Morgan fingerprint density at radius 1 is 1.09 bits per heavy atom. The Balaban J connectivity index is 1.51. The lowest BCUT2D eigenvalue weighted by Crippen LogP contribution is -2.42. The summed E-state index contributed by atoms with van der Waals surface area (Å²) in [7, 11) is 0. The van der Waals surface area contributed by atoms with Crippen LogP contribution in [0.4, 0.5) is 0 Å². The van der Waals surface area contributed by atoms with Gasteiger partial charge in [-0.15, -0.1) is 0 Å². The minimum absolute atomic E-state index is 0.153. The zero-order valence-electron chi connectivity index (χ0n) is 13.4. The highest BCUT2D eigenvalue weighted by molar-refractivity contribution is 5.95. The lowest BCUT2D eigenvalue weighted by Gasteiger charge is -2.38. The first kappa shape index (κ1) is 14.5. The van der Waals surface area contributed by atoms with Gasteiger partial charge in [0.05, 0.1) is 5.56 Å². The zero-order chi connectivity index (χ0) is 15.9. The van der Waals surface area contributed by atoms with Crippen molar-refractivity contribution in [3.63, 3.8) is 0 Å². The Labute approximate surface area is 136 Å². The topological polar surface area (TPSA) is 29.5 Å². The van der Waals surface area contributed by atoms with Crippen LogP contribution in [0, 0.1) is 6.92 Å². The molecule has 118 valence electrons. The van der Waals surface area contributed by atoms with Crippen LogP contribution in [-0.4, -0.2) is 24.0 Å². The number of ether oxygens (including phenoxy) is 1. The van der Waals surface area contributed by atoms with Crippen LogP contribution >= 0.6 is 0 Å². The van der Waals surface area contributed by atoms with Gasteiger partial charge in [0.2, 0.25) is 0 Å². The molecular formula is C20H21NO2. The lowest BCUT2D eigenvalue weighted by molar-refractivity contribution is -0.0440. The smallest absolute Gasteiger partial charge is 0.339 e. The second-order valence-corrected chi connectivity index (χ2v) is 6.69. The van der Waals surface area contributed by atoms with Crippen molar-refractivity contribution in [2.24, 2.45) is 0 Å². The van der Waals surface area contributed by atoms with Gasteiger partial charge >= 0.3 is 5.97 Å². The SMILES string of the molecule is Cc1ccc2c(c1)C(=O)OC21CCN(Cc2ccccc2)CC1. The Kier molecular flexibility index (Phi) is 3.46. The maximum atomic E-state index is 12.2. The summed E-state index contributed by atoms with van der Waals surface area (Å²) in [5.74, 6) is -0.153. The molecule has 2 heterocycles. The van der Waals surface area contributed by atoms with Gasteiger partial charge in [-0.3, -0.25) is 4.90 Å².